The van der Waals surface area contributed by atoms with E-state index in [1.165, 1.54) is 0 Å². The van der Waals surface area contributed by atoms with Crippen LogP contribution < -0.4 is 10.6 Å². The normalized spacial score (nSPS) is 19.4. The molecule has 0 radical (unpaired) electrons. The number of carbonyl (C=O) groups excluding carboxylic acids is 1. The lowest BCUT2D eigenvalue weighted by molar-refractivity contribution is -0.117. The van der Waals surface area contributed by atoms with Crippen LogP contribution in [0.1, 0.15) is 6.92 Å². The minimum atomic E-state index is -0.0172. The number of nitrogens with zero attached hydrogens (tertiary/aromatic N) is 1. The molecule has 0 bridgehead atoms. The Bertz CT molecular complexity index is 424. The van der Waals surface area contributed by atoms with Crippen molar-refractivity contribution in [3.63, 3.8) is 0 Å². The zero-order valence-corrected chi connectivity index (χ0v) is 11.3. The highest BCUT2D eigenvalue weighted by Crippen LogP contribution is 2.38. The van der Waals surface area contributed by atoms with Crippen LogP contribution in [0.25, 0.3) is 0 Å². The molecule has 0 saturated carbocycles. The molecule has 0 fully saturated rings. The van der Waals surface area contributed by atoms with Gasteiger partial charge in [-0.1, -0.05) is 15.9 Å². The third kappa shape index (κ3) is 2.12. The molecule has 16 heavy (non-hydrogen) atoms. The van der Waals surface area contributed by atoms with Gasteiger partial charge in [0.1, 0.15) is 0 Å². The van der Waals surface area contributed by atoms with E-state index in [0.29, 0.717) is 0 Å². The van der Waals surface area contributed by atoms with Gasteiger partial charge in [-0.05, 0) is 25.1 Å². The summed E-state index contributed by atoms with van der Waals surface area (Å²) < 4.78 is 1.04. The summed E-state index contributed by atoms with van der Waals surface area (Å²) in [5, 5.41) is 0. The van der Waals surface area contributed by atoms with Crippen LogP contribution in [0.2, 0.25) is 0 Å². The third-order valence-electron chi connectivity index (χ3n) is 2.55. The van der Waals surface area contributed by atoms with Crippen LogP contribution in [0.5, 0.6) is 0 Å². The zero-order valence-electron chi connectivity index (χ0n) is 8.94. The number of hydrogen-bond acceptors (Lipinski definition) is 3. The van der Waals surface area contributed by atoms with Crippen molar-refractivity contribution in [2.75, 3.05) is 17.2 Å². The monoisotopic (exact) mass is 300 g/mol. The molecule has 0 aliphatic carbocycles. The van der Waals surface area contributed by atoms with Gasteiger partial charge in [0, 0.05) is 21.2 Å². The molecule has 1 amide bonds. The first-order chi connectivity index (χ1) is 7.63. The van der Waals surface area contributed by atoms with E-state index in [-0.39, 0.29) is 18.5 Å². The first-order valence-corrected chi connectivity index (χ1v) is 6.86. The predicted octanol–water partition coefficient (Wildman–Crippen LogP) is 2.24. The number of hydrogen-bond donors (Lipinski definition) is 1. The van der Waals surface area contributed by atoms with Gasteiger partial charge in [0.15, 0.2) is 0 Å². The molecule has 0 spiro atoms. The number of benzene rings is 1. The average Bonchev–Trinajstić information content (AvgIpc) is 2.28. The van der Waals surface area contributed by atoms with E-state index in [2.05, 4.69) is 15.9 Å². The van der Waals surface area contributed by atoms with E-state index in [1.807, 2.05) is 25.1 Å². The minimum absolute atomic E-state index is 0.0172. The molecule has 2 N–H and O–H groups in total. The molecule has 1 aliphatic heterocycles. The fourth-order valence-corrected chi connectivity index (χ4v) is 3.41. The molecular weight excluding hydrogens is 288 g/mol. The molecule has 0 aromatic heterocycles. The fourth-order valence-electron chi connectivity index (χ4n) is 1.80. The summed E-state index contributed by atoms with van der Waals surface area (Å²) in [6.07, 6.45) is 0. The Balaban J connectivity index is 2.44. The lowest BCUT2D eigenvalue weighted by Crippen LogP contribution is -2.45. The van der Waals surface area contributed by atoms with Crippen LogP contribution in [-0.4, -0.2) is 24.2 Å². The van der Waals surface area contributed by atoms with Crippen molar-refractivity contribution in [2.24, 2.45) is 5.73 Å². The third-order valence-corrected chi connectivity index (χ3v) is 4.33. The Morgan fingerprint density at radius 2 is 2.44 bits per heavy atom. The van der Waals surface area contributed by atoms with Crippen LogP contribution in [0, 0.1) is 0 Å². The molecule has 1 unspecified atom stereocenters. The van der Waals surface area contributed by atoms with Crippen molar-refractivity contribution < 1.29 is 4.79 Å². The van der Waals surface area contributed by atoms with Crippen molar-refractivity contribution >= 4 is 39.3 Å². The van der Waals surface area contributed by atoms with Crippen molar-refractivity contribution in [1.82, 2.24) is 0 Å². The number of rotatable bonds is 1. The molecule has 5 heteroatoms. The van der Waals surface area contributed by atoms with E-state index in [4.69, 9.17) is 5.73 Å². The van der Waals surface area contributed by atoms with E-state index >= 15 is 0 Å². The number of nitrogens with two attached hydrogens (primary N) is 1. The van der Waals surface area contributed by atoms with E-state index in [9.17, 15) is 4.79 Å². The quantitative estimate of drug-likeness (QED) is 0.865. The van der Waals surface area contributed by atoms with Gasteiger partial charge in [-0.3, -0.25) is 4.79 Å². The van der Waals surface area contributed by atoms with Crippen LogP contribution in [-0.2, 0) is 4.79 Å². The lowest BCUT2D eigenvalue weighted by Gasteiger charge is -2.34. The van der Waals surface area contributed by atoms with Gasteiger partial charge >= 0.3 is 0 Å². The van der Waals surface area contributed by atoms with E-state index < -0.39 is 0 Å². The average molecular weight is 301 g/mol. The highest BCUT2D eigenvalue weighted by atomic mass is 79.9. The maximum Gasteiger partial charge on any atom is 0.241 e. The summed E-state index contributed by atoms with van der Waals surface area (Å²) in [4.78, 5) is 14.7. The van der Waals surface area contributed by atoms with Crippen LogP contribution >= 0.6 is 27.7 Å². The second-order valence-electron chi connectivity index (χ2n) is 3.74. The maximum atomic E-state index is 11.8. The Hall–Kier alpha value is -0.520. The number of carbonyl (C=O) groups is 1. The van der Waals surface area contributed by atoms with Crippen LogP contribution in [0.15, 0.2) is 27.6 Å². The first-order valence-electron chi connectivity index (χ1n) is 5.08. The first kappa shape index (κ1) is 12.0. The van der Waals surface area contributed by atoms with Crippen molar-refractivity contribution in [3.8, 4) is 0 Å². The molecule has 1 atom stereocenters. The van der Waals surface area contributed by atoms with E-state index in [0.717, 1.165) is 20.8 Å². The summed E-state index contributed by atoms with van der Waals surface area (Å²) in [6, 6.07) is 6.17. The number of fused-ring (bicyclic) bond motifs is 1. The molecule has 1 heterocycles. The second kappa shape index (κ2) is 4.77. The largest absolute Gasteiger partial charge is 0.322 e. The van der Waals surface area contributed by atoms with Crippen LogP contribution in [0.4, 0.5) is 5.69 Å². The van der Waals surface area contributed by atoms with Crippen molar-refractivity contribution in [1.29, 1.82) is 0 Å². The van der Waals surface area contributed by atoms with Crippen LogP contribution in [0.3, 0.4) is 0 Å². The summed E-state index contributed by atoms with van der Waals surface area (Å²) in [7, 11) is 0. The Morgan fingerprint density at radius 3 is 3.12 bits per heavy atom. The van der Waals surface area contributed by atoms with Gasteiger partial charge in [0.05, 0.1) is 12.2 Å². The van der Waals surface area contributed by atoms with E-state index in [1.54, 1.807) is 16.7 Å². The second-order valence-corrected chi connectivity index (χ2v) is 5.72. The number of anilines is 1. The molecule has 86 valence electrons. The highest BCUT2D eigenvalue weighted by Gasteiger charge is 2.27. The van der Waals surface area contributed by atoms with Gasteiger partial charge < -0.3 is 10.6 Å². The summed E-state index contributed by atoms with van der Waals surface area (Å²) in [6.45, 7) is 2.11. The topological polar surface area (TPSA) is 46.3 Å². The number of halogens is 1. The molecule has 0 saturated heterocycles. The molecule has 1 aromatic carbocycles. The van der Waals surface area contributed by atoms with Crippen molar-refractivity contribution in [2.45, 2.75) is 17.9 Å². The summed E-state index contributed by atoms with van der Waals surface area (Å²) >= 11 is 5.22. The van der Waals surface area contributed by atoms with Gasteiger partial charge in [-0.15, -0.1) is 11.8 Å². The molecular formula is C11H13BrN2OS. The minimum Gasteiger partial charge on any atom is -0.322 e. The standard InChI is InChI=1S/C11H13BrN2OS/c1-7-6-16-10-4-8(12)2-3-9(10)14(7)11(15)5-13/h2-4,7H,5-6,13H2,1H3. The fraction of sp³-hybridized carbons (Fsp3) is 0.364. The van der Waals surface area contributed by atoms with Gasteiger partial charge in [-0.2, -0.15) is 0 Å². The van der Waals surface area contributed by atoms with Crippen molar-refractivity contribution in [3.05, 3.63) is 22.7 Å². The summed E-state index contributed by atoms with van der Waals surface area (Å²) in [5.41, 5.74) is 6.42. The molecule has 1 aliphatic rings. The predicted molar refractivity (Wildman–Crippen MR) is 70.9 cm³/mol. The SMILES string of the molecule is CC1CSc2cc(Br)ccc2N1C(=O)CN. The molecule has 1 aromatic rings. The zero-order chi connectivity index (χ0) is 11.7. The molecule has 2 rings (SSSR count). The Labute approximate surface area is 108 Å². The Morgan fingerprint density at radius 1 is 1.69 bits per heavy atom. The Kier molecular flexibility index (Phi) is 3.56. The van der Waals surface area contributed by atoms with Gasteiger partial charge in [0.2, 0.25) is 5.91 Å². The van der Waals surface area contributed by atoms with Gasteiger partial charge in [-0.25, -0.2) is 0 Å². The maximum absolute atomic E-state index is 11.8. The molecule has 3 nitrogen and oxygen atoms in total. The smallest absolute Gasteiger partial charge is 0.241 e. The van der Waals surface area contributed by atoms with Gasteiger partial charge in [0.25, 0.3) is 0 Å². The number of thioether (sulfide) groups is 1. The highest BCUT2D eigenvalue weighted by molar-refractivity contribution is 9.10. The lowest BCUT2D eigenvalue weighted by atomic mass is 10.2. The summed E-state index contributed by atoms with van der Waals surface area (Å²) in [5.74, 6) is 0.895. The number of amides is 1.